The Hall–Kier alpha value is -1.43. The van der Waals surface area contributed by atoms with E-state index in [2.05, 4.69) is 21.9 Å². The van der Waals surface area contributed by atoms with Crippen LogP contribution in [0, 0.1) is 11.3 Å². The van der Waals surface area contributed by atoms with Crippen LogP contribution >= 0.6 is 0 Å². The van der Waals surface area contributed by atoms with Crippen molar-refractivity contribution in [3.05, 3.63) is 12.2 Å². The summed E-state index contributed by atoms with van der Waals surface area (Å²) >= 11 is 0. The molecule has 1 aromatic heterocycles. The number of aliphatic carboxylic acids is 1. The highest BCUT2D eigenvalue weighted by atomic mass is 16.4. The molecule has 1 N–H and O–H groups in total. The van der Waals surface area contributed by atoms with E-state index >= 15 is 0 Å². The molecule has 0 aromatic carbocycles. The SMILES string of the molecule is CCCn1ncnc1CN1CCCC(C(C)(C)C(=O)O)C1. The fourth-order valence-corrected chi connectivity index (χ4v) is 2.97. The Balaban J connectivity index is 2.01. The van der Waals surface area contributed by atoms with E-state index in [1.54, 1.807) is 6.33 Å². The topological polar surface area (TPSA) is 71.2 Å². The first-order valence-corrected chi connectivity index (χ1v) is 7.77. The molecule has 1 fully saturated rings. The highest BCUT2D eigenvalue weighted by Gasteiger charge is 2.39. The van der Waals surface area contributed by atoms with Crippen LogP contribution in [0.4, 0.5) is 0 Å². The van der Waals surface area contributed by atoms with Crippen molar-refractivity contribution in [2.24, 2.45) is 11.3 Å². The normalized spacial score (nSPS) is 20.6. The second-order valence-electron chi connectivity index (χ2n) is 6.50. The van der Waals surface area contributed by atoms with Crippen molar-refractivity contribution < 1.29 is 9.90 Å². The zero-order valence-electron chi connectivity index (χ0n) is 13.2. The van der Waals surface area contributed by atoms with Crippen molar-refractivity contribution in [1.82, 2.24) is 19.7 Å². The summed E-state index contributed by atoms with van der Waals surface area (Å²) < 4.78 is 1.95. The lowest BCUT2D eigenvalue weighted by Crippen LogP contribution is -2.44. The van der Waals surface area contributed by atoms with Crippen molar-refractivity contribution in [2.45, 2.75) is 53.1 Å². The number of carbonyl (C=O) groups is 1. The van der Waals surface area contributed by atoms with Gasteiger partial charge in [0.1, 0.15) is 12.2 Å². The quantitative estimate of drug-likeness (QED) is 0.869. The van der Waals surface area contributed by atoms with Crippen LogP contribution in [0.1, 0.15) is 45.9 Å². The van der Waals surface area contributed by atoms with E-state index in [1.807, 2.05) is 18.5 Å². The van der Waals surface area contributed by atoms with Crippen LogP contribution in [-0.4, -0.2) is 43.8 Å². The molecular weight excluding hydrogens is 268 g/mol. The van der Waals surface area contributed by atoms with Crippen LogP contribution < -0.4 is 0 Å². The van der Waals surface area contributed by atoms with E-state index in [4.69, 9.17) is 0 Å². The highest BCUT2D eigenvalue weighted by molar-refractivity contribution is 5.74. The number of likely N-dealkylation sites (tertiary alicyclic amines) is 1. The molecule has 2 rings (SSSR count). The van der Waals surface area contributed by atoms with Gasteiger partial charge in [-0.1, -0.05) is 6.92 Å². The molecule has 2 heterocycles. The largest absolute Gasteiger partial charge is 0.481 e. The van der Waals surface area contributed by atoms with Crippen LogP contribution in [0.15, 0.2) is 6.33 Å². The van der Waals surface area contributed by atoms with Gasteiger partial charge in [-0.3, -0.25) is 9.69 Å². The highest BCUT2D eigenvalue weighted by Crippen LogP contribution is 2.34. The molecule has 6 nitrogen and oxygen atoms in total. The molecule has 1 aliphatic rings. The maximum absolute atomic E-state index is 11.4. The van der Waals surface area contributed by atoms with Gasteiger partial charge in [-0.05, 0) is 45.6 Å². The van der Waals surface area contributed by atoms with Crippen molar-refractivity contribution in [3.8, 4) is 0 Å². The fraction of sp³-hybridized carbons (Fsp3) is 0.800. The second-order valence-corrected chi connectivity index (χ2v) is 6.50. The summed E-state index contributed by atoms with van der Waals surface area (Å²) in [4.78, 5) is 18.1. The molecular formula is C15H26N4O2. The van der Waals surface area contributed by atoms with Crippen molar-refractivity contribution in [3.63, 3.8) is 0 Å². The van der Waals surface area contributed by atoms with Crippen LogP contribution in [0.2, 0.25) is 0 Å². The van der Waals surface area contributed by atoms with Crippen LogP contribution in [-0.2, 0) is 17.9 Å². The fourth-order valence-electron chi connectivity index (χ4n) is 2.97. The van der Waals surface area contributed by atoms with E-state index in [1.165, 1.54) is 0 Å². The molecule has 1 saturated heterocycles. The predicted molar refractivity (Wildman–Crippen MR) is 79.7 cm³/mol. The third-order valence-corrected chi connectivity index (χ3v) is 4.57. The minimum atomic E-state index is -0.705. The van der Waals surface area contributed by atoms with Gasteiger partial charge in [-0.15, -0.1) is 0 Å². The first-order valence-electron chi connectivity index (χ1n) is 7.77. The first-order chi connectivity index (χ1) is 9.95. The molecule has 118 valence electrons. The third kappa shape index (κ3) is 3.61. The van der Waals surface area contributed by atoms with Crippen LogP contribution in [0.25, 0.3) is 0 Å². The Bertz CT molecular complexity index is 484. The predicted octanol–water partition coefficient (Wildman–Crippen LogP) is 2.01. The van der Waals surface area contributed by atoms with E-state index < -0.39 is 11.4 Å². The number of aryl methyl sites for hydroxylation is 1. The monoisotopic (exact) mass is 294 g/mol. The molecule has 0 amide bonds. The maximum Gasteiger partial charge on any atom is 0.309 e. The number of nitrogens with zero attached hydrogens (tertiary/aromatic N) is 4. The molecule has 0 radical (unpaired) electrons. The lowest BCUT2D eigenvalue weighted by Gasteiger charge is -2.39. The molecule has 1 atom stereocenters. The smallest absolute Gasteiger partial charge is 0.309 e. The molecule has 1 aliphatic heterocycles. The summed E-state index contributed by atoms with van der Waals surface area (Å²) in [5.74, 6) is 0.459. The number of piperidine rings is 1. The number of carboxylic acids is 1. The lowest BCUT2D eigenvalue weighted by atomic mass is 9.74. The Labute approximate surface area is 126 Å². The number of hydrogen-bond donors (Lipinski definition) is 1. The second kappa shape index (κ2) is 6.56. The number of hydrogen-bond acceptors (Lipinski definition) is 4. The standard InChI is InChI=1S/C15H26N4O2/c1-4-7-19-13(16-11-17-19)10-18-8-5-6-12(9-18)15(2,3)14(20)21/h11-12H,4-10H2,1-3H3,(H,20,21). The summed E-state index contributed by atoms with van der Waals surface area (Å²) in [5.41, 5.74) is -0.671. The lowest BCUT2D eigenvalue weighted by molar-refractivity contribution is -0.151. The summed E-state index contributed by atoms with van der Waals surface area (Å²) in [6.07, 6.45) is 4.67. The Morgan fingerprint density at radius 3 is 2.95 bits per heavy atom. The van der Waals surface area contributed by atoms with Gasteiger partial charge in [0, 0.05) is 13.1 Å². The molecule has 1 aromatic rings. The van der Waals surface area contributed by atoms with E-state index in [0.29, 0.717) is 0 Å². The van der Waals surface area contributed by atoms with E-state index in [0.717, 1.165) is 51.3 Å². The zero-order chi connectivity index (χ0) is 15.5. The average Bonchev–Trinajstić information content (AvgIpc) is 2.87. The van der Waals surface area contributed by atoms with E-state index in [-0.39, 0.29) is 5.92 Å². The molecule has 21 heavy (non-hydrogen) atoms. The minimum Gasteiger partial charge on any atom is -0.481 e. The minimum absolute atomic E-state index is 0.186. The number of carboxylic acid groups (broad SMARTS) is 1. The third-order valence-electron chi connectivity index (χ3n) is 4.57. The molecule has 0 saturated carbocycles. The zero-order valence-corrected chi connectivity index (χ0v) is 13.2. The van der Waals surface area contributed by atoms with E-state index in [9.17, 15) is 9.90 Å². The summed E-state index contributed by atoms with van der Waals surface area (Å²) in [6, 6.07) is 0. The van der Waals surface area contributed by atoms with Gasteiger partial charge in [0.25, 0.3) is 0 Å². The summed E-state index contributed by atoms with van der Waals surface area (Å²) in [7, 11) is 0. The van der Waals surface area contributed by atoms with Crippen molar-refractivity contribution in [1.29, 1.82) is 0 Å². The first kappa shape index (κ1) is 15.9. The summed E-state index contributed by atoms with van der Waals surface area (Å²) in [6.45, 7) is 9.26. The van der Waals surface area contributed by atoms with Gasteiger partial charge in [-0.2, -0.15) is 5.10 Å². The maximum atomic E-state index is 11.4. The van der Waals surface area contributed by atoms with Gasteiger partial charge < -0.3 is 5.11 Å². The van der Waals surface area contributed by atoms with Gasteiger partial charge in [0.2, 0.25) is 0 Å². The Kier molecular flexibility index (Phi) is 4.98. The van der Waals surface area contributed by atoms with Crippen molar-refractivity contribution in [2.75, 3.05) is 13.1 Å². The van der Waals surface area contributed by atoms with Crippen LogP contribution in [0.5, 0.6) is 0 Å². The van der Waals surface area contributed by atoms with Gasteiger partial charge >= 0.3 is 5.97 Å². The molecule has 0 bridgehead atoms. The Morgan fingerprint density at radius 2 is 2.29 bits per heavy atom. The molecule has 6 heteroatoms. The van der Waals surface area contributed by atoms with Gasteiger partial charge in [0.05, 0.1) is 12.0 Å². The van der Waals surface area contributed by atoms with Gasteiger partial charge in [-0.25, -0.2) is 9.67 Å². The summed E-state index contributed by atoms with van der Waals surface area (Å²) in [5, 5.41) is 13.7. The molecule has 0 spiro atoms. The van der Waals surface area contributed by atoms with Crippen LogP contribution in [0.3, 0.4) is 0 Å². The molecule has 1 unspecified atom stereocenters. The number of aromatic nitrogens is 3. The van der Waals surface area contributed by atoms with Gasteiger partial charge in [0.15, 0.2) is 0 Å². The Morgan fingerprint density at radius 1 is 1.52 bits per heavy atom. The van der Waals surface area contributed by atoms with Crippen molar-refractivity contribution >= 4 is 5.97 Å². The molecule has 0 aliphatic carbocycles. The number of rotatable bonds is 6. The average molecular weight is 294 g/mol.